The molecule has 0 spiro atoms. The topological polar surface area (TPSA) is 24.9 Å². The molecule has 68 valence electrons. The average Bonchev–Trinajstić information content (AvgIpc) is 2.55. The molecule has 0 aliphatic heterocycles. The van der Waals surface area contributed by atoms with Crippen molar-refractivity contribution in [3.05, 3.63) is 11.6 Å². The molecule has 0 fully saturated rings. The number of nitrogens with zero attached hydrogens (tertiary/aromatic N) is 1. The third-order valence-corrected chi connectivity index (χ3v) is 3.07. The molecule has 0 amide bonds. The lowest BCUT2D eigenvalue weighted by Gasteiger charge is -2.17. The van der Waals surface area contributed by atoms with Crippen molar-refractivity contribution in [1.29, 1.82) is 0 Å². The van der Waals surface area contributed by atoms with Crippen LogP contribution in [0.2, 0.25) is 0 Å². The first-order valence-electron chi connectivity index (χ1n) is 3.96. The standard InChI is InChI=1S/C8H13ClN2S/c1-6(5-9)7(2)11-8-10-3-4-12-8/h3-4,6-7H,5H2,1-2H3,(H,10,11). The fourth-order valence-electron chi connectivity index (χ4n) is 0.765. The summed E-state index contributed by atoms with van der Waals surface area (Å²) in [4.78, 5) is 4.14. The van der Waals surface area contributed by atoms with Crippen molar-refractivity contribution in [2.75, 3.05) is 11.2 Å². The molecular formula is C8H13ClN2S. The first-order valence-corrected chi connectivity index (χ1v) is 5.37. The number of rotatable bonds is 4. The fraction of sp³-hybridized carbons (Fsp3) is 0.625. The van der Waals surface area contributed by atoms with Gasteiger partial charge in [-0.25, -0.2) is 4.98 Å². The number of anilines is 1. The van der Waals surface area contributed by atoms with Crippen LogP contribution in [0.5, 0.6) is 0 Å². The van der Waals surface area contributed by atoms with Gasteiger partial charge in [0.1, 0.15) is 0 Å². The molecule has 0 saturated carbocycles. The maximum atomic E-state index is 5.73. The van der Waals surface area contributed by atoms with E-state index in [1.807, 2.05) is 5.38 Å². The van der Waals surface area contributed by atoms with Crippen molar-refractivity contribution in [2.45, 2.75) is 19.9 Å². The van der Waals surface area contributed by atoms with E-state index in [2.05, 4.69) is 24.1 Å². The maximum Gasteiger partial charge on any atom is 0.182 e. The fourth-order valence-corrected chi connectivity index (χ4v) is 1.66. The zero-order valence-corrected chi connectivity index (χ0v) is 8.82. The maximum absolute atomic E-state index is 5.73. The number of hydrogen-bond acceptors (Lipinski definition) is 3. The highest BCUT2D eigenvalue weighted by Gasteiger charge is 2.10. The second kappa shape index (κ2) is 4.67. The molecule has 2 nitrogen and oxygen atoms in total. The van der Waals surface area contributed by atoms with Crippen molar-refractivity contribution in [2.24, 2.45) is 5.92 Å². The molecule has 0 aliphatic rings. The molecule has 1 aromatic rings. The summed E-state index contributed by atoms with van der Waals surface area (Å²) < 4.78 is 0. The van der Waals surface area contributed by atoms with Crippen LogP contribution in [0.15, 0.2) is 11.6 Å². The molecule has 2 unspecified atom stereocenters. The number of nitrogens with one attached hydrogen (secondary N) is 1. The van der Waals surface area contributed by atoms with Gasteiger partial charge in [0.15, 0.2) is 5.13 Å². The predicted molar refractivity (Wildman–Crippen MR) is 55.1 cm³/mol. The number of hydrogen-bond donors (Lipinski definition) is 1. The molecule has 4 heteroatoms. The van der Waals surface area contributed by atoms with E-state index < -0.39 is 0 Å². The molecule has 0 saturated heterocycles. The number of thiazole rings is 1. The third-order valence-electron chi connectivity index (χ3n) is 1.88. The highest BCUT2D eigenvalue weighted by Crippen LogP contribution is 2.15. The van der Waals surface area contributed by atoms with Crippen LogP contribution in [0.1, 0.15) is 13.8 Å². The highest BCUT2D eigenvalue weighted by atomic mass is 35.5. The Kier molecular flexibility index (Phi) is 3.82. The Hall–Kier alpha value is -0.280. The van der Waals surface area contributed by atoms with Crippen molar-refractivity contribution >= 4 is 28.1 Å². The predicted octanol–water partition coefficient (Wildman–Crippen LogP) is 2.82. The largest absolute Gasteiger partial charge is 0.359 e. The molecule has 1 rings (SSSR count). The first-order chi connectivity index (χ1) is 5.74. The van der Waals surface area contributed by atoms with Gasteiger partial charge in [0.25, 0.3) is 0 Å². The van der Waals surface area contributed by atoms with Gasteiger partial charge in [-0.15, -0.1) is 22.9 Å². The Bertz CT molecular complexity index is 213. The summed E-state index contributed by atoms with van der Waals surface area (Å²) in [6.07, 6.45) is 1.80. The second-order valence-electron chi connectivity index (χ2n) is 2.90. The highest BCUT2D eigenvalue weighted by molar-refractivity contribution is 7.13. The summed E-state index contributed by atoms with van der Waals surface area (Å²) in [5.74, 6) is 1.15. The van der Waals surface area contributed by atoms with E-state index in [9.17, 15) is 0 Å². The van der Waals surface area contributed by atoms with Gasteiger partial charge in [0.05, 0.1) is 0 Å². The SMILES string of the molecule is CC(CCl)C(C)Nc1nccs1. The minimum atomic E-state index is 0.383. The molecule has 1 N–H and O–H groups in total. The van der Waals surface area contributed by atoms with E-state index in [4.69, 9.17) is 11.6 Å². The minimum Gasteiger partial charge on any atom is -0.359 e. The van der Waals surface area contributed by atoms with Gasteiger partial charge in [-0.2, -0.15) is 0 Å². The van der Waals surface area contributed by atoms with Gasteiger partial charge in [-0.05, 0) is 12.8 Å². The van der Waals surface area contributed by atoms with Crippen LogP contribution in [-0.2, 0) is 0 Å². The molecule has 12 heavy (non-hydrogen) atoms. The summed E-state index contributed by atoms with van der Waals surface area (Å²) in [5.41, 5.74) is 0. The summed E-state index contributed by atoms with van der Waals surface area (Å²) in [7, 11) is 0. The molecule has 1 heterocycles. The van der Waals surface area contributed by atoms with Crippen LogP contribution in [-0.4, -0.2) is 16.9 Å². The molecule has 1 aromatic heterocycles. The van der Waals surface area contributed by atoms with Gasteiger partial charge in [0.2, 0.25) is 0 Å². The van der Waals surface area contributed by atoms with Gasteiger partial charge in [0, 0.05) is 23.5 Å². The Morgan fingerprint density at radius 3 is 2.92 bits per heavy atom. The summed E-state index contributed by atoms with van der Waals surface area (Å²) in [6.45, 7) is 4.24. The van der Waals surface area contributed by atoms with Crippen molar-refractivity contribution < 1.29 is 0 Å². The van der Waals surface area contributed by atoms with Crippen molar-refractivity contribution in [1.82, 2.24) is 4.98 Å². The molecule has 2 atom stereocenters. The number of aromatic nitrogens is 1. The summed E-state index contributed by atoms with van der Waals surface area (Å²) in [6, 6.07) is 0.383. The van der Waals surface area contributed by atoms with Gasteiger partial charge >= 0.3 is 0 Å². The van der Waals surface area contributed by atoms with E-state index in [-0.39, 0.29) is 0 Å². The van der Waals surface area contributed by atoms with Crippen LogP contribution < -0.4 is 5.32 Å². The summed E-state index contributed by atoms with van der Waals surface area (Å²) in [5, 5.41) is 6.23. The zero-order valence-electron chi connectivity index (χ0n) is 7.25. The number of halogens is 1. The van der Waals surface area contributed by atoms with Crippen molar-refractivity contribution in [3.63, 3.8) is 0 Å². The van der Waals surface area contributed by atoms with E-state index in [0.717, 1.165) is 5.13 Å². The van der Waals surface area contributed by atoms with Gasteiger partial charge in [-0.3, -0.25) is 0 Å². The average molecular weight is 205 g/mol. The molecule has 0 aromatic carbocycles. The van der Waals surface area contributed by atoms with Gasteiger partial charge < -0.3 is 5.32 Å². The van der Waals surface area contributed by atoms with Crippen LogP contribution in [0, 0.1) is 5.92 Å². The van der Waals surface area contributed by atoms with Crippen LogP contribution in [0.25, 0.3) is 0 Å². The summed E-state index contributed by atoms with van der Waals surface area (Å²) >= 11 is 7.34. The van der Waals surface area contributed by atoms with E-state index in [1.54, 1.807) is 17.5 Å². The van der Waals surface area contributed by atoms with E-state index in [1.165, 1.54) is 0 Å². The lowest BCUT2D eigenvalue weighted by molar-refractivity contribution is 0.565. The molecule has 0 radical (unpaired) electrons. The smallest absolute Gasteiger partial charge is 0.182 e. The Balaban J connectivity index is 2.41. The first kappa shape index (κ1) is 9.81. The van der Waals surface area contributed by atoms with E-state index in [0.29, 0.717) is 17.8 Å². The Morgan fingerprint density at radius 1 is 1.67 bits per heavy atom. The van der Waals surface area contributed by atoms with Gasteiger partial charge in [-0.1, -0.05) is 6.92 Å². The second-order valence-corrected chi connectivity index (χ2v) is 4.11. The lowest BCUT2D eigenvalue weighted by Crippen LogP contribution is -2.24. The monoisotopic (exact) mass is 204 g/mol. The quantitative estimate of drug-likeness (QED) is 0.764. The van der Waals surface area contributed by atoms with Crippen LogP contribution in [0.3, 0.4) is 0 Å². The Morgan fingerprint density at radius 2 is 2.42 bits per heavy atom. The Labute approximate surface area is 82.0 Å². The molecular weight excluding hydrogens is 192 g/mol. The van der Waals surface area contributed by atoms with Crippen LogP contribution >= 0.6 is 22.9 Å². The number of alkyl halides is 1. The van der Waals surface area contributed by atoms with Crippen LogP contribution in [0.4, 0.5) is 5.13 Å². The van der Waals surface area contributed by atoms with Crippen molar-refractivity contribution in [3.8, 4) is 0 Å². The van der Waals surface area contributed by atoms with E-state index >= 15 is 0 Å². The zero-order chi connectivity index (χ0) is 8.97. The molecule has 0 bridgehead atoms. The molecule has 0 aliphatic carbocycles. The normalized spacial score (nSPS) is 15.6. The third kappa shape index (κ3) is 2.64. The minimum absolute atomic E-state index is 0.383. The lowest BCUT2D eigenvalue weighted by atomic mass is 10.1.